The Bertz CT molecular complexity index is 1830. The summed E-state index contributed by atoms with van der Waals surface area (Å²) in [6, 6.07) is 13.2. The van der Waals surface area contributed by atoms with Crippen LogP contribution in [0.4, 0.5) is 18.9 Å². The highest BCUT2D eigenvalue weighted by atomic mass is 35.5. The molecular weight excluding hydrogens is 647 g/mol. The summed E-state index contributed by atoms with van der Waals surface area (Å²) in [4.78, 5) is 24.1. The van der Waals surface area contributed by atoms with Crippen LogP contribution in [0.1, 0.15) is 73.4 Å². The van der Waals surface area contributed by atoms with E-state index in [9.17, 15) is 18.0 Å². The molecule has 2 unspecified atom stereocenters. The van der Waals surface area contributed by atoms with Gasteiger partial charge in [-0.3, -0.25) is 9.88 Å². The number of benzene rings is 2. The van der Waals surface area contributed by atoms with Crippen LogP contribution in [-0.4, -0.2) is 63.0 Å². The fourth-order valence-electron chi connectivity index (χ4n) is 6.64. The monoisotopic (exact) mass is 683 g/mol. The molecule has 3 aliphatic heterocycles. The molecule has 2 fully saturated rings. The van der Waals surface area contributed by atoms with Gasteiger partial charge in [-0.25, -0.2) is 9.78 Å². The quantitative estimate of drug-likeness (QED) is 0.201. The average Bonchev–Trinajstić information content (AvgIpc) is 3.57. The number of alkyl halides is 3. The molecule has 7 rings (SSSR count). The predicted molar refractivity (Wildman–Crippen MR) is 174 cm³/mol. The van der Waals surface area contributed by atoms with Crippen molar-refractivity contribution in [2.75, 3.05) is 25.0 Å². The minimum absolute atomic E-state index is 0.0214. The first kappa shape index (κ1) is 32.7. The number of fused-ring (bicyclic) bond motifs is 2. The molecule has 4 aromatic rings. The highest BCUT2D eigenvalue weighted by Crippen LogP contribution is 2.52. The second-order valence-electron chi connectivity index (χ2n) is 13.7. The summed E-state index contributed by atoms with van der Waals surface area (Å²) in [5.41, 5.74) is -0.497. The number of para-hydroxylation sites is 1. The normalized spacial score (nSPS) is 21.8. The van der Waals surface area contributed by atoms with E-state index in [-0.39, 0.29) is 34.5 Å². The van der Waals surface area contributed by atoms with Gasteiger partial charge in [0.2, 0.25) is 0 Å². The fourth-order valence-corrected chi connectivity index (χ4v) is 6.76. The van der Waals surface area contributed by atoms with Crippen molar-refractivity contribution in [1.29, 1.82) is 0 Å². The smallest absolute Gasteiger partial charge is 0.455 e. The molecule has 0 bridgehead atoms. The largest absolute Gasteiger partial charge is 0.456 e. The number of halogens is 4. The number of imidazole rings is 1. The summed E-state index contributed by atoms with van der Waals surface area (Å²) in [5.74, 6) is 0.654. The maximum atomic E-state index is 14.6. The third-order valence-corrected chi connectivity index (χ3v) is 9.37. The Balaban J connectivity index is 1.09. The first-order valence-electron chi connectivity index (χ1n) is 16.1. The standard InChI is InChI=1S/C35H37ClF3N5O4/c1-33(2,3)48-32(45)22-7-9-26-27(17-22)44(19-24-13-16-46-24)30(41-26)20-43-14-11-21(12-15-43)25-5-4-6-28-31(25)42-34(47-28,35(37,38)39)29-10-8-23(36)18-40-29/h4-10,17-18,21,24,42H,11-16,19-20H2,1-3H3. The first-order valence-corrected chi connectivity index (χ1v) is 16.5. The molecule has 0 saturated carbocycles. The van der Waals surface area contributed by atoms with Crippen molar-refractivity contribution in [2.45, 2.75) is 82.6 Å². The van der Waals surface area contributed by atoms with Gasteiger partial charge in [-0.05, 0) is 101 Å². The van der Waals surface area contributed by atoms with Crippen molar-refractivity contribution in [2.24, 2.45) is 0 Å². The topological polar surface area (TPSA) is 90.7 Å². The van der Waals surface area contributed by atoms with E-state index < -0.39 is 17.5 Å². The van der Waals surface area contributed by atoms with E-state index in [1.807, 2.05) is 39.0 Å². The molecule has 9 nitrogen and oxygen atoms in total. The minimum atomic E-state index is -4.79. The lowest BCUT2D eigenvalue weighted by Gasteiger charge is -2.33. The summed E-state index contributed by atoms with van der Waals surface area (Å²) in [6.07, 6.45) is -1.09. The van der Waals surface area contributed by atoms with E-state index in [0.717, 1.165) is 61.4 Å². The number of likely N-dealkylation sites (tertiary alicyclic amines) is 1. The van der Waals surface area contributed by atoms with E-state index in [1.165, 1.54) is 18.3 Å². The lowest BCUT2D eigenvalue weighted by atomic mass is 9.88. The van der Waals surface area contributed by atoms with Gasteiger partial charge in [-0.2, -0.15) is 13.2 Å². The lowest BCUT2D eigenvalue weighted by Crippen LogP contribution is -2.51. The van der Waals surface area contributed by atoms with Crippen LogP contribution < -0.4 is 10.1 Å². The maximum absolute atomic E-state index is 14.6. The number of esters is 1. The molecule has 48 heavy (non-hydrogen) atoms. The van der Waals surface area contributed by atoms with Gasteiger partial charge in [0.25, 0.3) is 0 Å². The third kappa shape index (κ3) is 6.21. The highest BCUT2D eigenvalue weighted by Gasteiger charge is 2.63. The Hall–Kier alpha value is -3.87. The molecule has 0 radical (unpaired) electrons. The lowest BCUT2D eigenvalue weighted by molar-refractivity contribution is -0.239. The molecule has 3 aliphatic rings. The molecule has 0 spiro atoms. The molecule has 2 atom stereocenters. The van der Waals surface area contributed by atoms with E-state index in [1.54, 1.807) is 18.2 Å². The number of hydrogen-bond donors (Lipinski definition) is 1. The van der Waals surface area contributed by atoms with E-state index >= 15 is 0 Å². The number of anilines is 1. The van der Waals surface area contributed by atoms with Gasteiger partial charge >= 0.3 is 17.9 Å². The van der Waals surface area contributed by atoms with Crippen molar-refractivity contribution in [1.82, 2.24) is 19.4 Å². The number of nitrogens with zero attached hydrogens (tertiary/aromatic N) is 4. The van der Waals surface area contributed by atoms with Gasteiger partial charge in [0.15, 0.2) is 0 Å². The molecule has 254 valence electrons. The number of rotatable bonds is 7. The zero-order valence-corrected chi connectivity index (χ0v) is 27.7. The van der Waals surface area contributed by atoms with Crippen molar-refractivity contribution in [3.8, 4) is 5.75 Å². The molecular formula is C35H37ClF3N5O4. The zero-order valence-electron chi connectivity index (χ0n) is 26.9. The summed E-state index contributed by atoms with van der Waals surface area (Å²) < 4.78 is 63.1. The number of carbonyl (C=O) groups is 1. The number of aromatic nitrogens is 3. The molecule has 13 heteroatoms. The van der Waals surface area contributed by atoms with Gasteiger partial charge in [0.1, 0.15) is 22.9 Å². The van der Waals surface area contributed by atoms with Crippen LogP contribution in [0.2, 0.25) is 5.02 Å². The minimum Gasteiger partial charge on any atom is -0.456 e. The fraction of sp³-hybridized carbons (Fsp3) is 0.457. The summed E-state index contributed by atoms with van der Waals surface area (Å²) in [7, 11) is 0. The Labute approximate surface area is 281 Å². The number of nitrogens with one attached hydrogen (secondary N) is 1. The number of piperidine rings is 1. The van der Waals surface area contributed by atoms with Crippen LogP contribution in [0.15, 0.2) is 54.7 Å². The predicted octanol–water partition coefficient (Wildman–Crippen LogP) is 7.43. The van der Waals surface area contributed by atoms with Gasteiger partial charge < -0.3 is 24.1 Å². The van der Waals surface area contributed by atoms with Crippen LogP contribution in [0, 0.1) is 0 Å². The van der Waals surface area contributed by atoms with Crippen LogP contribution in [0.3, 0.4) is 0 Å². The number of carbonyl (C=O) groups excluding carboxylic acids is 1. The van der Waals surface area contributed by atoms with E-state index in [2.05, 4.69) is 19.8 Å². The van der Waals surface area contributed by atoms with Crippen LogP contribution in [-0.2, 0) is 28.3 Å². The molecule has 5 heterocycles. The van der Waals surface area contributed by atoms with Crippen LogP contribution >= 0.6 is 11.6 Å². The molecule has 0 amide bonds. The van der Waals surface area contributed by atoms with Gasteiger partial charge in [-0.15, -0.1) is 0 Å². The maximum Gasteiger partial charge on any atom is 0.455 e. The Morgan fingerprint density at radius 2 is 1.88 bits per heavy atom. The Kier molecular flexibility index (Phi) is 8.32. The summed E-state index contributed by atoms with van der Waals surface area (Å²) in [6.45, 7) is 8.92. The average molecular weight is 684 g/mol. The third-order valence-electron chi connectivity index (χ3n) is 9.14. The Morgan fingerprint density at radius 3 is 2.52 bits per heavy atom. The molecule has 1 N–H and O–H groups in total. The first-order chi connectivity index (χ1) is 22.8. The van der Waals surface area contributed by atoms with Gasteiger partial charge in [0.05, 0.1) is 46.5 Å². The second-order valence-corrected chi connectivity index (χ2v) is 14.1. The van der Waals surface area contributed by atoms with Crippen LogP contribution in [0.5, 0.6) is 5.75 Å². The SMILES string of the molecule is CC(C)(C)OC(=O)c1ccc2nc(CN3CCC(c4cccc5c4NC(c4ccc(Cl)cn4)(C(F)(F)F)O5)CC3)n(CC3CCO3)c2c1. The number of hydrogen-bond acceptors (Lipinski definition) is 8. The van der Waals surface area contributed by atoms with Gasteiger partial charge in [0, 0.05) is 12.8 Å². The number of ether oxygens (including phenoxy) is 3. The summed E-state index contributed by atoms with van der Waals surface area (Å²) in [5, 5.41) is 2.93. The van der Waals surface area contributed by atoms with E-state index in [4.69, 9.17) is 30.8 Å². The molecule has 2 saturated heterocycles. The Morgan fingerprint density at radius 1 is 1.10 bits per heavy atom. The van der Waals surface area contributed by atoms with Crippen molar-refractivity contribution >= 4 is 34.3 Å². The molecule has 2 aromatic carbocycles. The molecule has 2 aromatic heterocycles. The molecule has 0 aliphatic carbocycles. The highest BCUT2D eigenvalue weighted by molar-refractivity contribution is 6.30. The van der Waals surface area contributed by atoms with Crippen molar-refractivity contribution in [3.05, 3.63) is 82.4 Å². The second kappa shape index (κ2) is 12.2. The van der Waals surface area contributed by atoms with Crippen molar-refractivity contribution in [3.63, 3.8) is 0 Å². The van der Waals surface area contributed by atoms with Crippen molar-refractivity contribution < 1.29 is 32.2 Å². The number of pyridine rings is 1. The van der Waals surface area contributed by atoms with Gasteiger partial charge in [-0.1, -0.05) is 23.7 Å². The zero-order chi connectivity index (χ0) is 33.8. The van der Waals surface area contributed by atoms with Crippen LogP contribution in [0.25, 0.3) is 11.0 Å². The van der Waals surface area contributed by atoms with E-state index in [0.29, 0.717) is 24.3 Å². The summed E-state index contributed by atoms with van der Waals surface area (Å²) >= 11 is 5.92.